The molecule has 166 valence electrons. The van der Waals surface area contributed by atoms with E-state index in [-0.39, 0.29) is 40.6 Å². The summed E-state index contributed by atoms with van der Waals surface area (Å²) >= 11 is 0. The number of benzene rings is 1. The van der Waals surface area contributed by atoms with Crippen LogP contribution in [0.15, 0.2) is 54.7 Å². The van der Waals surface area contributed by atoms with Gasteiger partial charge in [0.1, 0.15) is 23.8 Å². The third-order valence-electron chi connectivity index (χ3n) is 4.81. The van der Waals surface area contributed by atoms with Gasteiger partial charge in [-0.05, 0) is 63.6 Å². The van der Waals surface area contributed by atoms with Gasteiger partial charge in [-0.1, -0.05) is 19.7 Å². The fourth-order valence-electron chi connectivity index (χ4n) is 3.10. The van der Waals surface area contributed by atoms with Gasteiger partial charge in [0, 0.05) is 22.8 Å². The monoisotopic (exact) mass is 430 g/mol. The molecule has 0 aliphatic heterocycles. The summed E-state index contributed by atoms with van der Waals surface area (Å²) in [6.45, 7) is 15.1. The molecule has 2 unspecified atom stereocenters. The van der Waals surface area contributed by atoms with Gasteiger partial charge in [-0.3, -0.25) is 0 Å². The van der Waals surface area contributed by atoms with Gasteiger partial charge in [-0.2, -0.15) is 0 Å². The van der Waals surface area contributed by atoms with E-state index in [2.05, 4.69) is 19.7 Å². The summed E-state index contributed by atoms with van der Waals surface area (Å²) in [6, 6.07) is 4.62. The van der Waals surface area contributed by atoms with Crippen LogP contribution in [-0.4, -0.2) is 30.2 Å². The maximum Gasteiger partial charge on any atom is 0.338 e. The van der Waals surface area contributed by atoms with E-state index >= 15 is 0 Å². The van der Waals surface area contributed by atoms with Crippen molar-refractivity contribution in [3.63, 3.8) is 0 Å². The van der Waals surface area contributed by atoms with Crippen molar-refractivity contribution in [3.8, 4) is 11.5 Å². The number of alkyl halides is 1. The Balaban J connectivity index is 2.25. The molecular formula is C24H27FO6. The molecule has 0 saturated heterocycles. The number of hydrogen-bond acceptors (Lipinski definition) is 6. The Morgan fingerprint density at radius 3 is 1.74 bits per heavy atom. The van der Waals surface area contributed by atoms with Crippen molar-refractivity contribution in [2.24, 2.45) is 0 Å². The summed E-state index contributed by atoms with van der Waals surface area (Å²) < 4.78 is 30.5. The van der Waals surface area contributed by atoms with E-state index in [9.17, 15) is 18.8 Å². The zero-order valence-electron chi connectivity index (χ0n) is 18.0. The van der Waals surface area contributed by atoms with Crippen molar-refractivity contribution in [2.45, 2.75) is 58.2 Å². The number of ether oxygens (including phenoxy) is 3. The average molecular weight is 430 g/mol. The van der Waals surface area contributed by atoms with Crippen LogP contribution in [0.4, 0.5) is 4.39 Å². The summed E-state index contributed by atoms with van der Waals surface area (Å²) in [5, 5.41) is 0. The van der Waals surface area contributed by atoms with Crippen LogP contribution in [-0.2, 0) is 19.1 Å². The van der Waals surface area contributed by atoms with Gasteiger partial charge in [0.05, 0.1) is 0 Å². The molecule has 1 fully saturated rings. The van der Waals surface area contributed by atoms with Gasteiger partial charge in [0.15, 0.2) is 0 Å². The van der Waals surface area contributed by atoms with Crippen molar-refractivity contribution in [1.82, 2.24) is 0 Å². The molecule has 1 aliphatic rings. The van der Waals surface area contributed by atoms with Crippen LogP contribution >= 0.6 is 0 Å². The Kier molecular flexibility index (Phi) is 7.91. The van der Waals surface area contributed by atoms with Crippen LogP contribution < -0.4 is 9.47 Å². The lowest BCUT2D eigenvalue weighted by Crippen LogP contribution is -2.34. The highest BCUT2D eigenvalue weighted by molar-refractivity contribution is 5.90. The first-order chi connectivity index (χ1) is 14.5. The van der Waals surface area contributed by atoms with Crippen LogP contribution in [0.5, 0.6) is 11.5 Å². The summed E-state index contributed by atoms with van der Waals surface area (Å²) in [5.74, 6) is -1.82. The number of halogens is 1. The Morgan fingerprint density at radius 1 is 0.839 bits per heavy atom. The van der Waals surface area contributed by atoms with Crippen LogP contribution in [0.1, 0.15) is 51.5 Å². The van der Waals surface area contributed by atoms with Gasteiger partial charge in [-0.15, -0.1) is 0 Å². The van der Waals surface area contributed by atoms with Gasteiger partial charge < -0.3 is 14.2 Å². The van der Waals surface area contributed by atoms with Crippen LogP contribution in [0, 0.1) is 0 Å². The summed E-state index contributed by atoms with van der Waals surface area (Å²) in [4.78, 5) is 35.6. The number of carbonyl (C=O) groups excluding carboxylic acids is 3. The third kappa shape index (κ3) is 6.64. The number of hydrogen-bond donors (Lipinski definition) is 0. The lowest BCUT2D eigenvalue weighted by Gasteiger charge is -2.32. The summed E-state index contributed by atoms with van der Waals surface area (Å²) in [6.07, 6.45) is -1.27. The molecule has 2 rings (SSSR count). The molecule has 1 aromatic carbocycles. The summed E-state index contributed by atoms with van der Waals surface area (Å²) in [7, 11) is 0. The van der Waals surface area contributed by atoms with E-state index in [1.54, 1.807) is 12.1 Å². The molecule has 31 heavy (non-hydrogen) atoms. The maximum absolute atomic E-state index is 14.7. The molecule has 0 spiro atoms. The Morgan fingerprint density at radius 2 is 1.32 bits per heavy atom. The molecule has 0 radical (unpaired) electrons. The Labute approximate surface area is 181 Å². The second-order valence-electron chi connectivity index (χ2n) is 7.83. The SMILES string of the molecule is C=C(C)C(=O)Oc1cc(OC(=O)C(=C)C)cc([C@@H]2CCC(OC(=O)C(=C)C)C(F)C2)c1. The number of carbonyl (C=O) groups is 3. The average Bonchev–Trinajstić information content (AvgIpc) is 2.68. The minimum Gasteiger partial charge on any atom is -0.456 e. The van der Waals surface area contributed by atoms with Crippen molar-refractivity contribution in [2.75, 3.05) is 0 Å². The second kappa shape index (κ2) is 10.2. The first kappa shape index (κ1) is 24.1. The molecule has 0 aromatic heterocycles. The van der Waals surface area contributed by atoms with Gasteiger partial charge >= 0.3 is 17.9 Å². The molecule has 6 nitrogen and oxygen atoms in total. The molecule has 1 aliphatic carbocycles. The quantitative estimate of drug-likeness (QED) is 0.353. The minimum absolute atomic E-state index is 0.0971. The first-order valence-corrected chi connectivity index (χ1v) is 9.88. The number of esters is 3. The normalized spacial score (nSPS) is 20.3. The van der Waals surface area contributed by atoms with Crippen molar-refractivity contribution in [1.29, 1.82) is 0 Å². The predicted octanol–water partition coefficient (Wildman–Crippen LogP) is 4.74. The van der Waals surface area contributed by atoms with Crippen molar-refractivity contribution in [3.05, 3.63) is 60.2 Å². The third-order valence-corrected chi connectivity index (χ3v) is 4.81. The fourth-order valence-corrected chi connectivity index (χ4v) is 3.10. The highest BCUT2D eigenvalue weighted by atomic mass is 19.1. The maximum atomic E-state index is 14.7. The van der Waals surface area contributed by atoms with E-state index in [4.69, 9.17) is 14.2 Å². The number of rotatable bonds is 7. The van der Waals surface area contributed by atoms with Gasteiger partial charge in [0.2, 0.25) is 0 Å². The highest BCUT2D eigenvalue weighted by Gasteiger charge is 2.34. The van der Waals surface area contributed by atoms with Gasteiger partial charge in [0.25, 0.3) is 0 Å². The highest BCUT2D eigenvalue weighted by Crippen LogP contribution is 2.39. The Hall–Kier alpha value is -3.22. The minimum atomic E-state index is -1.37. The topological polar surface area (TPSA) is 78.9 Å². The Bertz CT molecular complexity index is 886. The lowest BCUT2D eigenvalue weighted by atomic mass is 9.81. The van der Waals surface area contributed by atoms with E-state index in [0.29, 0.717) is 18.4 Å². The fraction of sp³-hybridized carbons (Fsp3) is 0.375. The zero-order valence-corrected chi connectivity index (χ0v) is 18.0. The zero-order chi connectivity index (χ0) is 23.3. The van der Waals surface area contributed by atoms with Crippen molar-refractivity contribution >= 4 is 17.9 Å². The molecular weight excluding hydrogens is 403 g/mol. The predicted molar refractivity (Wildman–Crippen MR) is 114 cm³/mol. The second-order valence-corrected chi connectivity index (χ2v) is 7.83. The molecule has 0 amide bonds. The largest absolute Gasteiger partial charge is 0.456 e. The molecule has 0 bridgehead atoms. The molecule has 1 aromatic rings. The molecule has 1 saturated carbocycles. The smallest absolute Gasteiger partial charge is 0.338 e. The van der Waals surface area contributed by atoms with Crippen LogP contribution in [0.2, 0.25) is 0 Å². The first-order valence-electron chi connectivity index (χ1n) is 9.88. The van der Waals surface area contributed by atoms with E-state index < -0.39 is 30.2 Å². The lowest BCUT2D eigenvalue weighted by molar-refractivity contribution is -0.149. The van der Waals surface area contributed by atoms with E-state index in [1.165, 1.54) is 26.8 Å². The van der Waals surface area contributed by atoms with E-state index in [1.807, 2.05) is 0 Å². The van der Waals surface area contributed by atoms with Crippen LogP contribution in [0.25, 0.3) is 0 Å². The molecule has 7 heteroatoms. The molecule has 3 atom stereocenters. The summed E-state index contributed by atoms with van der Waals surface area (Å²) in [5.41, 5.74) is 1.26. The van der Waals surface area contributed by atoms with Crippen LogP contribution in [0.3, 0.4) is 0 Å². The molecule has 0 N–H and O–H groups in total. The van der Waals surface area contributed by atoms with Gasteiger partial charge in [-0.25, -0.2) is 18.8 Å². The van der Waals surface area contributed by atoms with E-state index in [0.717, 1.165) is 0 Å². The standard InChI is InChI=1S/C24H27FO6/c1-13(2)22(26)29-18-9-17(10-19(12-18)30-23(27)14(3)4)16-7-8-21(20(25)11-16)31-24(28)15(5)6/h9-10,12,16,20-21H,1,3,5,7-8,11H2,2,4,6H3/t16-,20?,21?/m1/s1. The van der Waals surface area contributed by atoms with Crippen molar-refractivity contribution < 1.29 is 33.0 Å². The molecule has 0 heterocycles.